The van der Waals surface area contributed by atoms with Crippen LogP contribution in [0.4, 0.5) is 0 Å². The molecule has 16 heavy (non-hydrogen) atoms. The van der Waals surface area contributed by atoms with E-state index in [-0.39, 0.29) is 6.04 Å². The molecule has 1 aliphatic heterocycles. The van der Waals surface area contributed by atoms with Crippen molar-refractivity contribution < 1.29 is 0 Å². The quantitative estimate of drug-likeness (QED) is 0.923. The first-order valence-corrected chi connectivity index (χ1v) is 6.72. The Balaban J connectivity index is 2.09. The number of halogens is 1. The van der Waals surface area contributed by atoms with Crippen LogP contribution in [0.15, 0.2) is 22.7 Å². The summed E-state index contributed by atoms with van der Waals surface area (Å²) in [6, 6.07) is 6.59. The van der Waals surface area contributed by atoms with Gasteiger partial charge in [-0.3, -0.25) is 4.90 Å². The molecule has 0 saturated carbocycles. The predicted octanol–water partition coefficient (Wildman–Crippen LogP) is 3.06. The third kappa shape index (κ3) is 2.84. The molecule has 1 atom stereocenters. The molecule has 1 aliphatic rings. The number of hydrogen-bond donors (Lipinski definition) is 1. The average Bonchev–Trinajstić information content (AvgIpc) is 2.73. The SMILES string of the molecule is CC(N)c1ccc(CN2CCCC2)c(Br)c1. The Morgan fingerprint density at radius 3 is 2.62 bits per heavy atom. The van der Waals surface area contributed by atoms with Gasteiger partial charge in [-0.25, -0.2) is 0 Å². The highest BCUT2D eigenvalue weighted by molar-refractivity contribution is 9.10. The first-order chi connectivity index (χ1) is 7.66. The van der Waals surface area contributed by atoms with Crippen LogP contribution < -0.4 is 5.73 Å². The number of likely N-dealkylation sites (tertiary alicyclic amines) is 1. The Morgan fingerprint density at radius 1 is 1.38 bits per heavy atom. The molecule has 1 fully saturated rings. The molecule has 88 valence electrons. The van der Waals surface area contributed by atoms with Crippen molar-refractivity contribution in [3.8, 4) is 0 Å². The largest absolute Gasteiger partial charge is 0.324 e. The van der Waals surface area contributed by atoms with Crippen molar-refractivity contribution in [1.82, 2.24) is 4.90 Å². The van der Waals surface area contributed by atoms with Gasteiger partial charge >= 0.3 is 0 Å². The van der Waals surface area contributed by atoms with Crippen molar-refractivity contribution in [1.29, 1.82) is 0 Å². The van der Waals surface area contributed by atoms with E-state index in [1.54, 1.807) is 0 Å². The summed E-state index contributed by atoms with van der Waals surface area (Å²) < 4.78 is 1.19. The van der Waals surface area contributed by atoms with E-state index in [1.165, 1.54) is 41.5 Å². The lowest BCUT2D eigenvalue weighted by Gasteiger charge is -2.16. The minimum absolute atomic E-state index is 0.108. The second kappa shape index (κ2) is 5.30. The van der Waals surface area contributed by atoms with Gasteiger partial charge in [-0.15, -0.1) is 0 Å². The lowest BCUT2D eigenvalue weighted by Crippen LogP contribution is -2.18. The molecular weight excluding hydrogens is 264 g/mol. The van der Waals surface area contributed by atoms with Gasteiger partial charge in [0.1, 0.15) is 0 Å². The Morgan fingerprint density at radius 2 is 2.06 bits per heavy atom. The van der Waals surface area contributed by atoms with E-state index in [4.69, 9.17) is 5.73 Å². The molecular formula is C13H19BrN2. The third-order valence-corrected chi connectivity index (χ3v) is 3.93. The van der Waals surface area contributed by atoms with E-state index >= 15 is 0 Å². The van der Waals surface area contributed by atoms with Gasteiger partial charge in [0.15, 0.2) is 0 Å². The fourth-order valence-electron chi connectivity index (χ4n) is 2.16. The van der Waals surface area contributed by atoms with Gasteiger partial charge in [-0.2, -0.15) is 0 Å². The van der Waals surface area contributed by atoms with Gasteiger partial charge in [-0.1, -0.05) is 28.1 Å². The maximum Gasteiger partial charge on any atom is 0.0266 e. The molecule has 0 spiro atoms. The lowest BCUT2D eigenvalue weighted by atomic mass is 10.1. The van der Waals surface area contributed by atoms with Gasteiger partial charge in [0.05, 0.1) is 0 Å². The summed E-state index contributed by atoms with van der Waals surface area (Å²) in [6.45, 7) is 5.55. The molecule has 2 nitrogen and oxygen atoms in total. The molecule has 1 saturated heterocycles. The van der Waals surface area contributed by atoms with Crippen molar-refractivity contribution in [2.45, 2.75) is 32.4 Å². The fourth-order valence-corrected chi connectivity index (χ4v) is 2.68. The van der Waals surface area contributed by atoms with E-state index in [1.807, 2.05) is 6.92 Å². The molecule has 2 rings (SSSR count). The molecule has 0 amide bonds. The van der Waals surface area contributed by atoms with Crippen molar-refractivity contribution in [3.63, 3.8) is 0 Å². The van der Waals surface area contributed by atoms with Crippen LogP contribution in [0.3, 0.4) is 0 Å². The Labute approximate surface area is 106 Å². The molecule has 2 N–H and O–H groups in total. The highest BCUT2D eigenvalue weighted by Crippen LogP contribution is 2.24. The van der Waals surface area contributed by atoms with Crippen LogP contribution >= 0.6 is 15.9 Å². The summed E-state index contributed by atoms with van der Waals surface area (Å²) in [4.78, 5) is 2.51. The molecule has 0 radical (unpaired) electrons. The van der Waals surface area contributed by atoms with Crippen molar-refractivity contribution in [2.24, 2.45) is 5.73 Å². The highest BCUT2D eigenvalue weighted by atomic mass is 79.9. The summed E-state index contributed by atoms with van der Waals surface area (Å²) in [6.07, 6.45) is 2.69. The molecule has 1 unspecified atom stereocenters. The van der Waals surface area contributed by atoms with Gasteiger partial charge in [0.2, 0.25) is 0 Å². The zero-order valence-corrected chi connectivity index (χ0v) is 11.3. The van der Waals surface area contributed by atoms with Crippen LogP contribution in [0.5, 0.6) is 0 Å². The number of benzene rings is 1. The molecule has 0 aliphatic carbocycles. The Kier molecular flexibility index (Phi) is 4.00. The van der Waals surface area contributed by atoms with Crippen LogP contribution in [0.2, 0.25) is 0 Å². The second-order valence-electron chi connectivity index (χ2n) is 4.62. The summed E-state index contributed by atoms with van der Waals surface area (Å²) in [5.74, 6) is 0. The van der Waals surface area contributed by atoms with Crippen LogP contribution in [-0.2, 0) is 6.54 Å². The zero-order chi connectivity index (χ0) is 11.5. The minimum Gasteiger partial charge on any atom is -0.324 e. The predicted molar refractivity (Wildman–Crippen MR) is 71.3 cm³/mol. The number of nitrogens with two attached hydrogens (primary N) is 1. The van der Waals surface area contributed by atoms with Crippen LogP contribution in [0.1, 0.15) is 36.9 Å². The van der Waals surface area contributed by atoms with Crippen LogP contribution in [0.25, 0.3) is 0 Å². The molecule has 3 heteroatoms. The zero-order valence-electron chi connectivity index (χ0n) is 9.75. The Bertz CT molecular complexity index is 357. The average molecular weight is 283 g/mol. The van der Waals surface area contributed by atoms with Gasteiger partial charge < -0.3 is 5.73 Å². The molecule has 0 aromatic heterocycles. The normalized spacial score (nSPS) is 18.9. The number of rotatable bonds is 3. The standard InChI is InChI=1S/C13H19BrN2/c1-10(15)11-4-5-12(13(14)8-11)9-16-6-2-3-7-16/h4-5,8,10H,2-3,6-7,9,15H2,1H3. The summed E-state index contributed by atoms with van der Waals surface area (Å²) >= 11 is 3.64. The first kappa shape index (κ1) is 12.1. The number of nitrogens with zero attached hydrogens (tertiary/aromatic N) is 1. The molecule has 1 aromatic rings. The monoisotopic (exact) mass is 282 g/mol. The Hall–Kier alpha value is -0.380. The van der Waals surface area contributed by atoms with Gasteiger partial charge in [0, 0.05) is 17.1 Å². The van der Waals surface area contributed by atoms with Crippen LogP contribution in [0, 0.1) is 0 Å². The first-order valence-electron chi connectivity index (χ1n) is 5.93. The van der Waals surface area contributed by atoms with Crippen LogP contribution in [-0.4, -0.2) is 18.0 Å². The third-order valence-electron chi connectivity index (χ3n) is 3.20. The molecule has 1 heterocycles. The van der Waals surface area contributed by atoms with E-state index in [2.05, 4.69) is 39.0 Å². The maximum absolute atomic E-state index is 5.87. The number of hydrogen-bond acceptors (Lipinski definition) is 2. The molecule has 0 bridgehead atoms. The highest BCUT2D eigenvalue weighted by Gasteiger charge is 2.13. The molecule has 1 aromatic carbocycles. The van der Waals surface area contributed by atoms with Crippen molar-refractivity contribution in [2.75, 3.05) is 13.1 Å². The van der Waals surface area contributed by atoms with Crippen molar-refractivity contribution in [3.05, 3.63) is 33.8 Å². The lowest BCUT2D eigenvalue weighted by molar-refractivity contribution is 0.331. The van der Waals surface area contributed by atoms with E-state index in [0.717, 1.165) is 6.54 Å². The minimum atomic E-state index is 0.108. The topological polar surface area (TPSA) is 29.3 Å². The fraction of sp³-hybridized carbons (Fsp3) is 0.538. The van der Waals surface area contributed by atoms with E-state index in [0.29, 0.717) is 0 Å². The van der Waals surface area contributed by atoms with Gasteiger partial charge in [0.25, 0.3) is 0 Å². The summed E-state index contributed by atoms with van der Waals surface area (Å²) in [5.41, 5.74) is 8.42. The maximum atomic E-state index is 5.87. The van der Waals surface area contributed by atoms with Crippen molar-refractivity contribution >= 4 is 15.9 Å². The second-order valence-corrected chi connectivity index (χ2v) is 5.48. The smallest absolute Gasteiger partial charge is 0.0266 e. The summed E-state index contributed by atoms with van der Waals surface area (Å²) in [5, 5.41) is 0. The van der Waals surface area contributed by atoms with E-state index < -0.39 is 0 Å². The van der Waals surface area contributed by atoms with E-state index in [9.17, 15) is 0 Å². The van der Waals surface area contributed by atoms with Gasteiger partial charge in [-0.05, 0) is 50.0 Å². The summed E-state index contributed by atoms with van der Waals surface area (Å²) in [7, 11) is 0.